The summed E-state index contributed by atoms with van der Waals surface area (Å²) in [5, 5.41) is 12.1. The number of para-hydroxylation sites is 1. The zero-order valence-electron chi connectivity index (χ0n) is 16.6. The summed E-state index contributed by atoms with van der Waals surface area (Å²) < 4.78 is 6.95. The molecular weight excluding hydrogens is 364 g/mol. The van der Waals surface area contributed by atoms with E-state index in [4.69, 9.17) is 14.7 Å². The van der Waals surface area contributed by atoms with Gasteiger partial charge in [-0.05, 0) is 37.6 Å². The van der Waals surface area contributed by atoms with E-state index in [9.17, 15) is 0 Å². The molecule has 7 nitrogen and oxygen atoms in total. The first kappa shape index (κ1) is 18.9. The molecule has 2 N–H and O–H groups in total. The van der Waals surface area contributed by atoms with Crippen LogP contribution in [0.15, 0.2) is 60.8 Å². The van der Waals surface area contributed by atoms with Gasteiger partial charge in [0.05, 0.1) is 17.3 Å². The fraction of sp³-hybridized carbons (Fsp3) is 0.227. The number of hydrogen-bond acceptors (Lipinski definition) is 6. The Bertz CT molecular complexity index is 1080. The van der Waals surface area contributed by atoms with E-state index in [-0.39, 0.29) is 0 Å². The number of nitrogens with one attached hydrogen (secondary N) is 2. The number of aromatic nitrogens is 4. The van der Waals surface area contributed by atoms with E-state index >= 15 is 0 Å². The van der Waals surface area contributed by atoms with E-state index in [1.54, 1.807) is 13.3 Å². The van der Waals surface area contributed by atoms with Crippen LogP contribution >= 0.6 is 0 Å². The fourth-order valence-electron chi connectivity index (χ4n) is 3.03. The summed E-state index contributed by atoms with van der Waals surface area (Å²) in [4.78, 5) is 9.42. The van der Waals surface area contributed by atoms with Crippen LogP contribution in [0.5, 0.6) is 0 Å². The lowest BCUT2D eigenvalue weighted by Crippen LogP contribution is -2.10. The van der Waals surface area contributed by atoms with Crippen LogP contribution in [0.4, 0.5) is 17.5 Å². The Kier molecular flexibility index (Phi) is 5.67. The van der Waals surface area contributed by atoms with Crippen LogP contribution in [-0.2, 0) is 4.74 Å². The van der Waals surface area contributed by atoms with Gasteiger partial charge in [0.1, 0.15) is 5.82 Å². The Morgan fingerprint density at radius 1 is 1.00 bits per heavy atom. The molecule has 4 aromatic rings. The highest BCUT2D eigenvalue weighted by molar-refractivity contribution is 5.90. The Labute approximate surface area is 169 Å². The first-order valence-corrected chi connectivity index (χ1v) is 9.62. The molecule has 2 aromatic carbocycles. The highest BCUT2D eigenvalue weighted by Gasteiger charge is 2.14. The highest BCUT2D eigenvalue weighted by Crippen LogP contribution is 2.27. The number of anilines is 3. The Morgan fingerprint density at radius 2 is 1.79 bits per heavy atom. The van der Waals surface area contributed by atoms with Gasteiger partial charge in [-0.15, -0.1) is 0 Å². The molecule has 0 atom stereocenters. The highest BCUT2D eigenvalue weighted by atomic mass is 16.5. The second-order valence-electron chi connectivity index (χ2n) is 6.79. The second-order valence-corrected chi connectivity index (χ2v) is 6.79. The Hall–Kier alpha value is -3.45. The lowest BCUT2D eigenvalue weighted by atomic mass is 10.2. The number of hydrogen-bond donors (Lipinski definition) is 2. The molecular formula is C22H24N6O. The quantitative estimate of drug-likeness (QED) is 0.438. The van der Waals surface area contributed by atoms with Gasteiger partial charge in [0.2, 0.25) is 5.95 Å². The summed E-state index contributed by atoms with van der Waals surface area (Å²) >= 11 is 0. The van der Waals surface area contributed by atoms with Crippen molar-refractivity contribution in [2.75, 3.05) is 30.9 Å². The first-order chi connectivity index (χ1) is 14.2. The van der Waals surface area contributed by atoms with Crippen LogP contribution in [0.3, 0.4) is 0 Å². The number of rotatable bonds is 8. The molecule has 0 unspecified atom stereocenters. The van der Waals surface area contributed by atoms with E-state index < -0.39 is 0 Å². The minimum absolute atomic E-state index is 0.556. The standard InChI is InChI=1S/C22H24N6O/c1-16-9-11-17(12-10-16)25-20-19-15-24-28(18-7-4-3-5-8-18)21(19)27-22(26-20)23-13-6-14-29-2/h3-5,7-12,15H,6,13-14H2,1-2H3,(H2,23,25,26,27). The number of aryl methyl sites for hydroxylation is 1. The minimum Gasteiger partial charge on any atom is -0.385 e. The van der Waals surface area contributed by atoms with Gasteiger partial charge in [-0.3, -0.25) is 0 Å². The van der Waals surface area contributed by atoms with Crippen molar-refractivity contribution in [2.24, 2.45) is 0 Å². The van der Waals surface area contributed by atoms with Crippen molar-refractivity contribution in [1.82, 2.24) is 19.7 Å². The van der Waals surface area contributed by atoms with Crippen molar-refractivity contribution in [3.8, 4) is 5.69 Å². The average Bonchev–Trinajstić information content (AvgIpc) is 3.18. The number of fused-ring (bicyclic) bond motifs is 1. The molecule has 0 saturated carbocycles. The summed E-state index contributed by atoms with van der Waals surface area (Å²) in [5.74, 6) is 1.27. The molecule has 0 aliphatic rings. The normalized spacial score (nSPS) is 11.0. The molecule has 4 rings (SSSR count). The van der Waals surface area contributed by atoms with Gasteiger partial charge in [-0.25, -0.2) is 4.68 Å². The predicted molar refractivity (Wildman–Crippen MR) is 116 cm³/mol. The maximum absolute atomic E-state index is 5.12. The van der Waals surface area contributed by atoms with Crippen LogP contribution in [0.2, 0.25) is 0 Å². The van der Waals surface area contributed by atoms with Gasteiger partial charge in [0.25, 0.3) is 0 Å². The van der Waals surface area contributed by atoms with Crippen molar-refractivity contribution in [2.45, 2.75) is 13.3 Å². The molecule has 0 bridgehead atoms. The summed E-state index contributed by atoms with van der Waals surface area (Å²) in [6, 6.07) is 18.2. The maximum Gasteiger partial charge on any atom is 0.226 e. The first-order valence-electron chi connectivity index (χ1n) is 9.62. The van der Waals surface area contributed by atoms with Crippen LogP contribution in [0.25, 0.3) is 16.7 Å². The summed E-state index contributed by atoms with van der Waals surface area (Å²) in [7, 11) is 1.70. The van der Waals surface area contributed by atoms with Crippen molar-refractivity contribution < 1.29 is 4.74 Å². The Morgan fingerprint density at radius 3 is 2.55 bits per heavy atom. The molecule has 0 radical (unpaired) electrons. The molecule has 2 heterocycles. The average molecular weight is 388 g/mol. The summed E-state index contributed by atoms with van der Waals surface area (Å²) in [6.07, 6.45) is 2.67. The monoisotopic (exact) mass is 388 g/mol. The third-order valence-corrected chi connectivity index (χ3v) is 4.55. The lowest BCUT2D eigenvalue weighted by Gasteiger charge is -2.11. The van der Waals surface area contributed by atoms with Gasteiger partial charge in [-0.2, -0.15) is 15.1 Å². The molecule has 0 fully saturated rings. The van der Waals surface area contributed by atoms with E-state index in [0.29, 0.717) is 12.6 Å². The number of nitrogens with zero attached hydrogens (tertiary/aromatic N) is 4. The number of methoxy groups -OCH3 is 1. The molecule has 2 aromatic heterocycles. The van der Waals surface area contributed by atoms with Gasteiger partial charge in [0.15, 0.2) is 5.65 Å². The van der Waals surface area contributed by atoms with Crippen LogP contribution in [0, 0.1) is 6.92 Å². The van der Waals surface area contributed by atoms with Crippen molar-refractivity contribution in [1.29, 1.82) is 0 Å². The number of ether oxygens (including phenoxy) is 1. The molecule has 0 amide bonds. The van der Waals surface area contributed by atoms with Gasteiger partial charge < -0.3 is 15.4 Å². The summed E-state index contributed by atoms with van der Waals surface area (Å²) in [5.41, 5.74) is 3.87. The minimum atomic E-state index is 0.556. The second kappa shape index (κ2) is 8.70. The van der Waals surface area contributed by atoms with Crippen LogP contribution in [0.1, 0.15) is 12.0 Å². The third-order valence-electron chi connectivity index (χ3n) is 4.55. The van der Waals surface area contributed by atoms with E-state index in [1.807, 2.05) is 47.1 Å². The molecule has 29 heavy (non-hydrogen) atoms. The van der Waals surface area contributed by atoms with E-state index in [0.717, 1.165) is 41.2 Å². The predicted octanol–water partition coefficient (Wildman–Crippen LogP) is 4.32. The SMILES string of the molecule is COCCCNc1nc(Nc2ccc(C)cc2)c2cnn(-c3ccccc3)c2n1. The van der Waals surface area contributed by atoms with E-state index in [1.165, 1.54) is 5.56 Å². The van der Waals surface area contributed by atoms with Crippen molar-refractivity contribution >= 4 is 28.5 Å². The van der Waals surface area contributed by atoms with Crippen LogP contribution < -0.4 is 10.6 Å². The van der Waals surface area contributed by atoms with Gasteiger partial charge in [0, 0.05) is 25.9 Å². The van der Waals surface area contributed by atoms with Crippen LogP contribution in [-0.4, -0.2) is 40.0 Å². The van der Waals surface area contributed by atoms with Crippen molar-refractivity contribution in [3.63, 3.8) is 0 Å². The smallest absolute Gasteiger partial charge is 0.226 e. The Balaban J connectivity index is 1.73. The number of benzene rings is 2. The van der Waals surface area contributed by atoms with Gasteiger partial charge in [-0.1, -0.05) is 35.9 Å². The molecule has 0 spiro atoms. The zero-order chi connectivity index (χ0) is 20.1. The molecule has 0 aliphatic heterocycles. The van der Waals surface area contributed by atoms with Crippen molar-refractivity contribution in [3.05, 3.63) is 66.4 Å². The lowest BCUT2D eigenvalue weighted by molar-refractivity contribution is 0.197. The third kappa shape index (κ3) is 4.35. The topological polar surface area (TPSA) is 76.9 Å². The zero-order valence-corrected chi connectivity index (χ0v) is 16.6. The molecule has 148 valence electrons. The maximum atomic E-state index is 5.12. The largest absolute Gasteiger partial charge is 0.385 e. The molecule has 0 saturated heterocycles. The molecule has 7 heteroatoms. The fourth-order valence-corrected chi connectivity index (χ4v) is 3.03. The molecule has 0 aliphatic carbocycles. The summed E-state index contributed by atoms with van der Waals surface area (Å²) in [6.45, 7) is 3.48. The van der Waals surface area contributed by atoms with E-state index in [2.05, 4.69) is 34.8 Å². The van der Waals surface area contributed by atoms with Gasteiger partial charge >= 0.3 is 0 Å².